The maximum absolute atomic E-state index is 12.1. The van der Waals surface area contributed by atoms with E-state index in [-0.39, 0.29) is 11.1 Å². The van der Waals surface area contributed by atoms with Crippen molar-refractivity contribution in [1.82, 2.24) is 4.98 Å². The molecule has 0 spiro atoms. The summed E-state index contributed by atoms with van der Waals surface area (Å²) in [4.78, 5) is 26.3. The third-order valence-corrected chi connectivity index (χ3v) is 4.20. The SMILES string of the molecule is CC(C)c1ccc(-c2cc(-c3ccccc3C(=O)O)[nH]c(=O)c2)cc1. The fourth-order valence-corrected chi connectivity index (χ4v) is 2.82. The highest BCUT2D eigenvalue weighted by Crippen LogP contribution is 2.27. The third-order valence-electron chi connectivity index (χ3n) is 4.20. The predicted octanol–water partition coefficient (Wildman–Crippen LogP) is 4.53. The maximum atomic E-state index is 12.1. The van der Waals surface area contributed by atoms with E-state index in [1.165, 1.54) is 17.7 Å². The van der Waals surface area contributed by atoms with Gasteiger partial charge < -0.3 is 10.1 Å². The molecule has 2 aromatic carbocycles. The van der Waals surface area contributed by atoms with Gasteiger partial charge in [-0.1, -0.05) is 56.3 Å². The van der Waals surface area contributed by atoms with Crippen LogP contribution in [0.1, 0.15) is 35.7 Å². The molecule has 0 saturated heterocycles. The van der Waals surface area contributed by atoms with Gasteiger partial charge in [0.2, 0.25) is 5.56 Å². The number of aromatic amines is 1. The zero-order valence-corrected chi connectivity index (χ0v) is 14.1. The van der Waals surface area contributed by atoms with E-state index in [1.54, 1.807) is 18.2 Å². The molecule has 126 valence electrons. The lowest BCUT2D eigenvalue weighted by atomic mass is 9.97. The summed E-state index contributed by atoms with van der Waals surface area (Å²) in [5, 5.41) is 9.37. The molecule has 3 rings (SSSR count). The van der Waals surface area contributed by atoms with Crippen molar-refractivity contribution in [2.24, 2.45) is 0 Å². The first-order chi connectivity index (χ1) is 12.0. The minimum atomic E-state index is -1.02. The van der Waals surface area contributed by atoms with E-state index in [0.29, 0.717) is 17.2 Å². The summed E-state index contributed by atoms with van der Waals surface area (Å²) in [6, 6.07) is 18.0. The van der Waals surface area contributed by atoms with Gasteiger partial charge in [0.1, 0.15) is 0 Å². The van der Waals surface area contributed by atoms with Crippen LogP contribution >= 0.6 is 0 Å². The summed E-state index contributed by atoms with van der Waals surface area (Å²) in [5.74, 6) is -0.589. The molecule has 0 saturated carbocycles. The van der Waals surface area contributed by atoms with Gasteiger partial charge in [0.25, 0.3) is 0 Å². The van der Waals surface area contributed by atoms with E-state index in [2.05, 4.69) is 18.8 Å². The van der Waals surface area contributed by atoms with Crippen molar-refractivity contribution < 1.29 is 9.90 Å². The zero-order chi connectivity index (χ0) is 18.0. The van der Waals surface area contributed by atoms with E-state index in [4.69, 9.17) is 0 Å². The second-order valence-corrected chi connectivity index (χ2v) is 6.27. The molecule has 0 atom stereocenters. The first-order valence-electron chi connectivity index (χ1n) is 8.13. The van der Waals surface area contributed by atoms with E-state index in [9.17, 15) is 14.7 Å². The number of pyridine rings is 1. The first kappa shape index (κ1) is 16.7. The molecule has 4 heteroatoms. The number of aromatic nitrogens is 1. The molecule has 0 fully saturated rings. The van der Waals surface area contributed by atoms with Crippen LogP contribution in [0.15, 0.2) is 65.5 Å². The Morgan fingerprint density at radius 1 is 0.960 bits per heavy atom. The molecule has 1 heterocycles. The molecule has 4 nitrogen and oxygen atoms in total. The highest BCUT2D eigenvalue weighted by Gasteiger charge is 2.13. The van der Waals surface area contributed by atoms with Gasteiger partial charge in [-0.15, -0.1) is 0 Å². The van der Waals surface area contributed by atoms with Crippen LogP contribution in [0.2, 0.25) is 0 Å². The molecule has 0 aliphatic rings. The number of H-pyrrole nitrogens is 1. The lowest BCUT2D eigenvalue weighted by Crippen LogP contribution is -2.08. The Morgan fingerprint density at radius 2 is 1.64 bits per heavy atom. The lowest BCUT2D eigenvalue weighted by Gasteiger charge is -2.10. The summed E-state index contributed by atoms with van der Waals surface area (Å²) in [7, 11) is 0. The highest BCUT2D eigenvalue weighted by molar-refractivity contribution is 5.95. The topological polar surface area (TPSA) is 70.2 Å². The van der Waals surface area contributed by atoms with E-state index < -0.39 is 5.97 Å². The van der Waals surface area contributed by atoms with Gasteiger partial charge in [0.15, 0.2) is 0 Å². The summed E-state index contributed by atoms with van der Waals surface area (Å²) < 4.78 is 0. The molecule has 3 aromatic rings. The molecule has 0 radical (unpaired) electrons. The largest absolute Gasteiger partial charge is 0.478 e. The van der Waals surface area contributed by atoms with Gasteiger partial charge in [0, 0.05) is 17.3 Å². The molecule has 0 aliphatic heterocycles. The molecule has 0 bridgehead atoms. The molecule has 0 aliphatic carbocycles. The Hall–Kier alpha value is -3.14. The van der Waals surface area contributed by atoms with Crippen molar-refractivity contribution in [2.75, 3.05) is 0 Å². The molecule has 0 unspecified atom stereocenters. The fourth-order valence-electron chi connectivity index (χ4n) is 2.82. The van der Waals surface area contributed by atoms with Crippen molar-refractivity contribution in [2.45, 2.75) is 19.8 Å². The molecule has 1 aromatic heterocycles. The van der Waals surface area contributed by atoms with Gasteiger partial charge in [-0.3, -0.25) is 4.79 Å². The molecule has 0 amide bonds. The smallest absolute Gasteiger partial charge is 0.336 e. The van der Waals surface area contributed by atoms with Crippen molar-refractivity contribution in [3.05, 3.63) is 82.1 Å². The third kappa shape index (κ3) is 3.53. The molecular weight excluding hydrogens is 314 g/mol. The van der Waals surface area contributed by atoms with Crippen LogP contribution < -0.4 is 5.56 Å². The second-order valence-electron chi connectivity index (χ2n) is 6.27. The summed E-state index contributed by atoms with van der Waals surface area (Å²) in [6.45, 7) is 4.26. The van der Waals surface area contributed by atoms with Gasteiger partial charge in [0.05, 0.1) is 5.56 Å². The van der Waals surface area contributed by atoms with E-state index in [1.807, 2.05) is 30.3 Å². The Balaban J connectivity index is 2.11. The summed E-state index contributed by atoms with van der Waals surface area (Å²) in [6.07, 6.45) is 0. The Bertz CT molecular complexity index is 969. The predicted molar refractivity (Wildman–Crippen MR) is 99.0 cm³/mol. The highest BCUT2D eigenvalue weighted by atomic mass is 16.4. The van der Waals surface area contributed by atoms with Gasteiger partial charge in [-0.25, -0.2) is 4.79 Å². The van der Waals surface area contributed by atoms with Crippen molar-refractivity contribution >= 4 is 5.97 Å². The van der Waals surface area contributed by atoms with Crippen LogP contribution in [0.4, 0.5) is 0 Å². The van der Waals surface area contributed by atoms with Gasteiger partial charge >= 0.3 is 5.97 Å². The van der Waals surface area contributed by atoms with Crippen LogP contribution in [0.3, 0.4) is 0 Å². The lowest BCUT2D eigenvalue weighted by molar-refractivity contribution is 0.0697. The number of carboxylic acid groups (broad SMARTS) is 1. The van der Waals surface area contributed by atoms with Crippen molar-refractivity contribution in [1.29, 1.82) is 0 Å². The van der Waals surface area contributed by atoms with Crippen LogP contribution in [-0.2, 0) is 0 Å². The Labute approximate surface area is 145 Å². The normalized spacial score (nSPS) is 10.8. The quantitative estimate of drug-likeness (QED) is 0.737. The summed E-state index contributed by atoms with van der Waals surface area (Å²) >= 11 is 0. The van der Waals surface area contributed by atoms with Crippen LogP contribution in [-0.4, -0.2) is 16.1 Å². The fraction of sp³-hybridized carbons (Fsp3) is 0.143. The minimum Gasteiger partial charge on any atom is -0.478 e. The minimum absolute atomic E-state index is 0.158. The number of aromatic carboxylic acids is 1. The number of carbonyl (C=O) groups is 1. The van der Waals surface area contributed by atoms with Crippen LogP contribution in [0.25, 0.3) is 22.4 Å². The first-order valence-corrected chi connectivity index (χ1v) is 8.13. The number of rotatable bonds is 4. The Kier molecular flexibility index (Phi) is 4.52. The zero-order valence-electron chi connectivity index (χ0n) is 14.1. The summed E-state index contributed by atoms with van der Waals surface area (Å²) in [5.41, 5.74) is 3.79. The number of carboxylic acids is 1. The number of hydrogen-bond donors (Lipinski definition) is 2. The Morgan fingerprint density at radius 3 is 2.28 bits per heavy atom. The van der Waals surface area contributed by atoms with E-state index in [0.717, 1.165) is 11.1 Å². The standard InChI is InChI=1S/C21H19NO3/c1-13(2)14-7-9-15(10-8-14)16-11-19(22-20(23)12-16)17-5-3-4-6-18(17)21(24)25/h3-13H,1-2H3,(H,22,23)(H,24,25). The molecule has 2 N–H and O–H groups in total. The van der Waals surface area contributed by atoms with Crippen molar-refractivity contribution in [3.8, 4) is 22.4 Å². The van der Waals surface area contributed by atoms with Crippen molar-refractivity contribution in [3.63, 3.8) is 0 Å². The maximum Gasteiger partial charge on any atom is 0.336 e. The number of hydrogen-bond acceptors (Lipinski definition) is 2. The number of benzene rings is 2. The monoisotopic (exact) mass is 333 g/mol. The van der Waals surface area contributed by atoms with Gasteiger partial charge in [-0.05, 0) is 34.7 Å². The van der Waals surface area contributed by atoms with E-state index >= 15 is 0 Å². The molecule has 25 heavy (non-hydrogen) atoms. The van der Waals surface area contributed by atoms with Gasteiger partial charge in [-0.2, -0.15) is 0 Å². The second kappa shape index (κ2) is 6.77. The number of nitrogens with one attached hydrogen (secondary N) is 1. The van der Waals surface area contributed by atoms with Crippen LogP contribution in [0, 0.1) is 0 Å². The average molecular weight is 333 g/mol. The molecular formula is C21H19NO3. The average Bonchev–Trinajstić information content (AvgIpc) is 2.61. The van der Waals surface area contributed by atoms with Crippen LogP contribution in [0.5, 0.6) is 0 Å².